The van der Waals surface area contributed by atoms with Gasteiger partial charge in [0, 0.05) is 38.0 Å². The van der Waals surface area contributed by atoms with Crippen molar-refractivity contribution in [3.05, 3.63) is 71.7 Å². The summed E-state index contributed by atoms with van der Waals surface area (Å²) in [6.07, 6.45) is 4.46. The first kappa shape index (κ1) is 23.4. The summed E-state index contributed by atoms with van der Waals surface area (Å²) in [7, 11) is 3.53. The molecule has 0 aliphatic heterocycles. The lowest BCUT2D eigenvalue weighted by Crippen LogP contribution is -2.33. The molecule has 0 saturated heterocycles. The van der Waals surface area contributed by atoms with E-state index in [1.54, 1.807) is 13.1 Å². The van der Waals surface area contributed by atoms with Crippen LogP contribution < -0.4 is 0 Å². The molecular formula is C25H31FN4O2. The van der Waals surface area contributed by atoms with Crippen LogP contribution in [0.25, 0.3) is 11.3 Å². The summed E-state index contributed by atoms with van der Waals surface area (Å²) in [4.78, 5) is 21.9. The largest absolute Gasteiger partial charge is 0.465 e. The van der Waals surface area contributed by atoms with Crippen molar-refractivity contribution in [2.75, 3.05) is 7.05 Å². The fourth-order valence-corrected chi connectivity index (χ4v) is 3.67. The number of hydrogen-bond donors (Lipinski definition) is 1. The number of aromatic nitrogens is 3. The van der Waals surface area contributed by atoms with Gasteiger partial charge in [0.2, 0.25) is 0 Å². The van der Waals surface area contributed by atoms with Crippen LogP contribution >= 0.6 is 0 Å². The Labute approximate surface area is 188 Å². The molecule has 0 fully saturated rings. The van der Waals surface area contributed by atoms with E-state index in [1.807, 2.05) is 42.1 Å². The van der Waals surface area contributed by atoms with E-state index in [2.05, 4.69) is 30.7 Å². The molecule has 2 heterocycles. The third-order valence-corrected chi connectivity index (χ3v) is 6.21. The fourth-order valence-electron chi connectivity index (χ4n) is 3.67. The van der Waals surface area contributed by atoms with E-state index in [9.17, 15) is 14.3 Å². The molecule has 2 aromatic heterocycles. The topological polar surface area (TPSA) is 71.2 Å². The van der Waals surface area contributed by atoms with Crippen molar-refractivity contribution in [3.63, 3.8) is 0 Å². The molecule has 7 heteroatoms. The maximum atomic E-state index is 13.1. The second-order valence-electron chi connectivity index (χ2n) is 9.03. The molecule has 6 nitrogen and oxygen atoms in total. The van der Waals surface area contributed by atoms with Crippen molar-refractivity contribution < 1.29 is 14.3 Å². The molecule has 1 atom stereocenters. The average Bonchev–Trinajstić information content (AvgIpc) is 3.12. The Kier molecular flexibility index (Phi) is 6.96. The summed E-state index contributed by atoms with van der Waals surface area (Å²) >= 11 is 0. The molecule has 32 heavy (non-hydrogen) atoms. The highest BCUT2D eigenvalue weighted by Gasteiger charge is 2.27. The molecule has 0 aliphatic carbocycles. The molecule has 1 aromatic carbocycles. The molecule has 0 spiro atoms. The minimum Gasteiger partial charge on any atom is -0.465 e. The van der Waals surface area contributed by atoms with Crippen molar-refractivity contribution in [2.24, 2.45) is 12.5 Å². The molecule has 1 amide bonds. The number of carboxylic acid groups (broad SMARTS) is 1. The third kappa shape index (κ3) is 5.33. The Morgan fingerprint density at radius 3 is 2.41 bits per heavy atom. The monoisotopic (exact) mass is 438 g/mol. The van der Waals surface area contributed by atoms with Gasteiger partial charge in [-0.25, -0.2) is 14.2 Å². The summed E-state index contributed by atoms with van der Waals surface area (Å²) in [5.41, 5.74) is 3.77. The number of halogens is 1. The molecule has 1 unspecified atom stereocenters. The SMILES string of the molecule is CCC(C)(C)Cc1cnc(C(Cc2ccc(-c3ccc(F)cn3)cc2)N(C)C(=O)O)n1C. The van der Waals surface area contributed by atoms with E-state index < -0.39 is 12.1 Å². The molecule has 0 saturated carbocycles. The Hall–Kier alpha value is -3.22. The highest BCUT2D eigenvalue weighted by atomic mass is 19.1. The zero-order valence-electron chi connectivity index (χ0n) is 19.3. The van der Waals surface area contributed by atoms with Gasteiger partial charge < -0.3 is 14.6 Å². The molecule has 170 valence electrons. The lowest BCUT2D eigenvalue weighted by Gasteiger charge is -2.27. The lowest BCUT2D eigenvalue weighted by atomic mass is 9.85. The first-order chi connectivity index (χ1) is 15.1. The minimum atomic E-state index is -0.999. The highest BCUT2D eigenvalue weighted by Crippen LogP contribution is 2.29. The van der Waals surface area contributed by atoms with Gasteiger partial charge in [-0.1, -0.05) is 51.5 Å². The standard InChI is InChI=1S/C25H31FN4O2/c1-6-25(2,3)14-20-16-28-23(29(20)4)22(30(5)24(31)32)13-17-7-9-18(10-8-17)21-12-11-19(26)15-27-21/h7-12,15-16,22H,6,13-14H2,1-5H3,(H,31,32). The van der Waals surface area contributed by atoms with Crippen molar-refractivity contribution in [1.29, 1.82) is 0 Å². The van der Waals surface area contributed by atoms with Crippen LogP contribution in [0.15, 0.2) is 48.8 Å². The Balaban J connectivity index is 1.87. The smallest absolute Gasteiger partial charge is 0.407 e. The van der Waals surface area contributed by atoms with Crippen molar-refractivity contribution in [2.45, 2.75) is 46.1 Å². The Morgan fingerprint density at radius 1 is 1.16 bits per heavy atom. The second kappa shape index (κ2) is 9.51. The molecule has 0 bridgehead atoms. The Bertz CT molecular complexity index is 1060. The quantitative estimate of drug-likeness (QED) is 0.505. The van der Waals surface area contributed by atoms with Crippen LogP contribution in [0.4, 0.5) is 9.18 Å². The van der Waals surface area contributed by atoms with Crippen molar-refractivity contribution >= 4 is 6.09 Å². The maximum absolute atomic E-state index is 13.1. The molecule has 0 radical (unpaired) electrons. The summed E-state index contributed by atoms with van der Waals surface area (Å²) < 4.78 is 15.2. The zero-order chi connectivity index (χ0) is 23.5. The first-order valence-corrected chi connectivity index (χ1v) is 10.8. The zero-order valence-corrected chi connectivity index (χ0v) is 19.3. The number of hydrogen-bond acceptors (Lipinski definition) is 3. The second-order valence-corrected chi connectivity index (χ2v) is 9.03. The summed E-state index contributed by atoms with van der Waals surface area (Å²) in [5, 5.41) is 9.68. The van der Waals surface area contributed by atoms with Gasteiger partial charge in [0.1, 0.15) is 11.6 Å². The van der Waals surface area contributed by atoms with Gasteiger partial charge in [0.15, 0.2) is 0 Å². The highest BCUT2D eigenvalue weighted by molar-refractivity contribution is 5.65. The number of amides is 1. The van der Waals surface area contributed by atoms with E-state index in [0.717, 1.165) is 35.5 Å². The Morgan fingerprint density at radius 2 is 1.84 bits per heavy atom. The van der Waals surface area contributed by atoms with Gasteiger partial charge in [-0.05, 0) is 29.5 Å². The van der Waals surface area contributed by atoms with Crippen LogP contribution in [0.3, 0.4) is 0 Å². The van der Waals surface area contributed by atoms with E-state index in [-0.39, 0.29) is 11.2 Å². The first-order valence-electron chi connectivity index (χ1n) is 10.8. The number of benzene rings is 1. The number of nitrogens with zero attached hydrogens (tertiary/aromatic N) is 4. The van der Waals surface area contributed by atoms with E-state index in [1.165, 1.54) is 17.2 Å². The third-order valence-electron chi connectivity index (χ3n) is 6.21. The number of rotatable bonds is 8. The van der Waals surface area contributed by atoms with Crippen molar-refractivity contribution in [1.82, 2.24) is 19.4 Å². The van der Waals surface area contributed by atoms with Gasteiger partial charge >= 0.3 is 6.09 Å². The van der Waals surface area contributed by atoms with E-state index in [0.29, 0.717) is 12.1 Å². The molecule has 1 N–H and O–H groups in total. The summed E-state index contributed by atoms with van der Waals surface area (Å²) in [6, 6.07) is 10.3. The average molecular weight is 439 g/mol. The lowest BCUT2D eigenvalue weighted by molar-refractivity contribution is 0.135. The normalized spacial score (nSPS) is 12.6. The van der Waals surface area contributed by atoms with Gasteiger partial charge in [0.05, 0.1) is 17.9 Å². The number of pyridine rings is 1. The van der Waals surface area contributed by atoms with Gasteiger partial charge in [-0.15, -0.1) is 0 Å². The van der Waals surface area contributed by atoms with E-state index in [4.69, 9.17) is 0 Å². The van der Waals surface area contributed by atoms with Crippen LogP contribution in [0.2, 0.25) is 0 Å². The van der Waals surface area contributed by atoms with Gasteiger partial charge in [-0.2, -0.15) is 0 Å². The van der Waals surface area contributed by atoms with Crippen LogP contribution in [0.1, 0.15) is 50.3 Å². The summed E-state index contributed by atoms with van der Waals surface area (Å²) in [5.74, 6) is 0.350. The molecule has 3 aromatic rings. The van der Waals surface area contributed by atoms with Gasteiger partial charge in [-0.3, -0.25) is 4.98 Å². The predicted molar refractivity (Wildman–Crippen MR) is 123 cm³/mol. The predicted octanol–water partition coefficient (Wildman–Crippen LogP) is 5.49. The minimum absolute atomic E-state index is 0.142. The molecular weight excluding hydrogens is 407 g/mol. The van der Waals surface area contributed by atoms with Crippen LogP contribution in [-0.2, 0) is 19.9 Å². The number of likely N-dealkylation sites (N-methyl/N-ethyl adjacent to an activating group) is 1. The maximum Gasteiger partial charge on any atom is 0.407 e. The summed E-state index contributed by atoms with van der Waals surface area (Å²) in [6.45, 7) is 6.61. The van der Waals surface area contributed by atoms with Gasteiger partial charge in [0.25, 0.3) is 0 Å². The van der Waals surface area contributed by atoms with E-state index >= 15 is 0 Å². The number of imidazole rings is 1. The fraction of sp³-hybridized carbons (Fsp3) is 0.400. The number of carbonyl (C=O) groups is 1. The molecule has 0 aliphatic rings. The van der Waals surface area contributed by atoms with Crippen LogP contribution in [0.5, 0.6) is 0 Å². The molecule has 3 rings (SSSR count). The van der Waals surface area contributed by atoms with Crippen LogP contribution in [-0.4, -0.2) is 37.7 Å². The van der Waals surface area contributed by atoms with Crippen molar-refractivity contribution in [3.8, 4) is 11.3 Å². The van der Waals surface area contributed by atoms with Crippen LogP contribution in [0, 0.1) is 11.2 Å².